The molecule has 4 aromatic rings. The second-order valence-corrected chi connectivity index (χ2v) is 14.9. The summed E-state index contributed by atoms with van der Waals surface area (Å²) in [4.78, 5) is 8.98. The molecular weight excluding hydrogens is 653 g/mol. The van der Waals surface area contributed by atoms with Gasteiger partial charge in [-0.25, -0.2) is 13.4 Å². The molecule has 1 N–H and O–H groups in total. The number of benzene rings is 3. The van der Waals surface area contributed by atoms with E-state index in [4.69, 9.17) is 17.5 Å². The average molecular weight is 693 g/mol. The fourth-order valence-electron chi connectivity index (χ4n) is 6.53. The van der Waals surface area contributed by atoms with Gasteiger partial charge in [0.2, 0.25) is 0 Å². The van der Waals surface area contributed by atoms with Crippen LogP contribution in [0.2, 0.25) is 0 Å². The summed E-state index contributed by atoms with van der Waals surface area (Å²) in [5.41, 5.74) is 4.16. The molecule has 1 saturated carbocycles. The first kappa shape index (κ1) is 34.0. The Bertz CT molecular complexity index is 1910. The number of piperazine rings is 1. The lowest BCUT2D eigenvalue weighted by Crippen LogP contribution is -2.52. The lowest BCUT2D eigenvalue weighted by Gasteiger charge is -2.38. The van der Waals surface area contributed by atoms with Gasteiger partial charge in [0.25, 0.3) is 10.0 Å². The number of sulfonamides is 1. The molecule has 1 aliphatic carbocycles. The third kappa shape index (κ3) is 8.22. The van der Waals surface area contributed by atoms with Crippen molar-refractivity contribution in [3.8, 4) is 12.1 Å². The van der Waals surface area contributed by atoms with Crippen molar-refractivity contribution in [1.82, 2.24) is 19.8 Å². The van der Waals surface area contributed by atoms with Gasteiger partial charge in [-0.2, -0.15) is 10.5 Å². The molecule has 10 nitrogen and oxygen atoms in total. The van der Waals surface area contributed by atoms with Crippen LogP contribution in [0.3, 0.4) is 0 Å². The average Bonchev–Trinajstić information content (AvgIpc) is 3.60. The van der Waals surface area contributed by atoms with Gasteiger partial charge in [0.1, 0.15) is 0 Å². The van der Waals surface area contributed by atoms with E-state index >= 15 is 0 Å². The molecule has 12 heteroatoms. The maximum Gasteiger partial charge on any atom is 0.264 e. The van der Waals surface area contributed by atoms with E-state index in [-0.39, 0.29) is 11.4 Å². The third-order valence-electron chi connectivity index (χ3n) is 9.45. The monoisotopic (exact) mass is 692 g/mol. The van der Waals surface area contributed by atoms with Crippen LogP contribution in [-0.2, 0) is 23.1 Å². The normalized spacial score (nSPS) is 15.3. The van der Waals surface area contributed by atoms with Crippen molar-refractivity contribution in [1.29, 1.82) is 10.5 Å². The highest BCUT2D eigenvalue weighted by molar-refractivity contribution is 7.92. The molecule has 1 aromatic heterocycles. The van der Waals surface area contributed by atoms with Gasteiger partial charge in [-0.1, -0.05) is 31.4 Å². The number of nitrogens with one attached hydrogen (secondary N) is 1. The van der Waals surface area contributed by atoms with Crippen LogP contribution in [0.15, 0.2) is 90.2 Å². The maximum absolute atomic E-state index is 14.2. The van der Waals surface area contributed by atoms with Gasteiger partial charge in [0, 0.05) is 51.2 Å². The number of anilines is 2. The van der Waals surface area contributed by atoms with E-state index in [1.54, 1.807) is 24.7 Å². The van der Waals surface area contributed by atoms with Crippen molar-refractivity contribution < 1.29 is 8.42 Å². The number of rotatable bonds is 10. The number of nitriles is 2. The fourth-order valence-corrected chi connectivity index (χ4v) is 8.23. The molecule has 2 aliphatic rings. The van der Waals surface area contributed by atoms with Gasteiger partial charge in [-0.3, -0.25) is 4.31 Å². The highest BCUT2D eigenvalue weighted by atomic mass is 32.2. The highest BCUT2D eigenvalue weighted by Gasteiger charge is 2.27. The Balaban J connectivity index is 1.17. The highest BCUT2D eigenvalue weighted by Crippen LogP contribution is 2.29. The molecule has 2 heterocycles. The van der Waals surface area contributed by atoms with Crippen LogP contribution >= 0.6 is 12.2 Å². The minimum atomic E-state index is -4.02. The van der Waals surface area contributed by atoms with Crippen LogP contribution in [0.25, 0.3) is 0 Å². The summed E-state index contributed by atoms with van der Waals surface area (Å²) in [7, 11) is -4.02. The fraction of sp³-hybridized carbons (Fsp3) is 0.351. The van der Waals surface area contributed by atoms with Crippen LogP contribution in [-0.4, -0.2) is 60.7 Å². The topological polar surface area (TPSA) is 121 Å². The first-order valence-corrected chi connectivity index (χ1v) is 18.6. The molecular formula is C37H40N8O2S2. The van der Waals surface area contributed by atoms with Crippen molar-refractivity contribution in [2.75, 3.05) is 41.9 Å². The molecule has 0 amide bonds. The Morgan fingerprint density at radius 2 is 1.51 bits per heavy atom. The van der Waals surface area contributed by atoms with E-state index in [0.717, 1.165) is 55.0 Å². The summed E-state index contributed by atoms with van der Waals surface area (Å²) in [6.07, 6.45) is 9.91. The number of imidazole rings is 1. The molecule has 3 aromatic carbocycles. The van der Waals surface area contributed by atoms with Gasteiger partial charge in [-0.15, -0.1) is 0 Å². The number of aromatic nitrogens is 2. The molecule has 0 radical (unpaired) electrons. The number of nitrogens with zero attached hydrogens (tertiary/aromatic N) is 7. The quantitative estimate of drug-likeness (QED) is 0.210. The summed E-state index contributed by atoms with van der Waals surface area (Å²) in [5.74, 6) is 0.718. The molecule has 0 atom stereocenters. The predicted octanol–water partition coefficient (Wildman–Crippen LogP) is 5.65. The molecule has 0 unspecified atom stereocenters. The van der Waals surface area contributed by atoms with E-state index in [2.05, 4.69) is 32.2 Å². The van der Waals surface area contributed by atoms with E-state index in [0.29, 0.717) is 29.1 Å². The first-order valence-electron chi connectivity index (χ1n) is 16.7. The van der Waals surface area contributed by atoms with Crippen LogP contribution in [0.4, 0.5) is 11.4 Å². The van der Waals surface area contributed by atoms with E-state index in [1.807, 2.05) is 41.0 Å². The molecule has 0 bridgehead atoms. The van der Waals surface area contributed by atoms with E-state index in [9.17, 15) is 13.7 Å². The van der Waals surface area contributed by atoms with Crippen LogP contribution in [0.5, 0.6) is 0 Å². The van der Waals surface area contributed by atoms with Gasteiger partial charge >= 0.3 is 0 Å². The molecule has 1 aliphatic heterocycles. The van der Waals surface area contributed by atoms with Gasteiger partial charge < -0.3 is 19.7 Å². The standard InChI is InChI=1S/C37H40N8O2S2/c38-22-29-6-8-32(9-7-29)26-44-28-40-25-35(44)27-45(49(46,47)36-16-10-30(23-39)11-17-36)34-14-12-33(13-15-34)42-18-20-43(21-19-42)37(48)41-24-31-4-2-1-3-5-31/h6-17,25,28,31H,1-5,18-21,24,26-27H2,(H,41,48). The van der Waals surface area contributed by atoms with Crippen molar-refractivity contribution in [3.05, 3.63) is 108 Å². The molecule has 6 rings (SSSR count). The Labute approximate surface area is 294 Å². The van der Waals surface area contributed by atoms with E-state index < -0.39 is 10.0 Å². The SMILES string of the molecule is N#Cc1ccc(Cn2cncc2CN(c2ccc(N3CCN(C(=S)NCC4CCCCC4)CC3)cc2)S(=O)(=O)c2ccc(C#N)cc2)cc1. The Kier molecular flexibility index (Phi) is 10.8. The van der Waals surface area contributed by atoms with E-state index in [1.165, 1.54) is 60.7 Å². The van der Waals surface area contributed by atoms with Crippen molar-refractivity contribution in [2.24, 2.45) is 5.92 Å². The van der Waals surface area contributed by atoms with Crippen molar-refractivity contribution >= 4 is 38.7 Å². The maximum atomic E-state index is 14.2. The second-order valence-electron chi connectivity index (χ2n) is 12.7. The van der Waals surface area contributed by atoms with Gasteiger partial charge in [0.05, 0.1) is 52.4 Å². The molecule has 49 heavy (non-hydrogen) atoms. The predicted molar refractivity (Wildman–Crippen MR) is 194 cm³/mol. The zero-order valence-corrected chi connectivity index (χ0v) is 29.0. The summed E-state index contributed by atoms with van der Waals surface area (Å²) < 4.78 is 31.7. The lowest BCUT2D eigenvalue weighted by molar-refractivity contribution is 0.341. The number of hydrogen-bond acceptors (Lipinski definition) is 7. The first-order chi connectivity index (χ1) is 23.8. The third-order valence-corrected chi connectivity index (χ3v) is 11.6. The number of thiocarbonyl (C=S) groups is 1. The van der Waals surface area contributed by atoms with Crippen molar-refractivity contribution in [3.63, 3.8) is 0 Å². The zero-order chi connectivity index (χ0) is 34.2. The molecule has 2 fully saturated rings. The van der Waals surface area contributed by atoms with Crippen LogP contribution in [0.1, 0.15) is 54.5 Å². The summed E-state index contributed by atoms with van der Waals surface area (Å²) in [6.45, 7) is 4.73. The summed E-state index contributed by atoms with van der Waals surface area (Å²) in [5, 5.41) is 22.8. The second kappa shape index (κ2) is 15.5. The molecule has 1 saturated heterocycles. The smallest absolute Gasteiger partial charge is 0.264 e. The molecule has 0 spiro atoms. The largest absolute Gasteiger partial charge is 0.368 e. The number of hydrogen-bond donors (Lipinski definition) is 1. The zero-order valence-electron chi connectivity index (χ0n) is 27.4. The Morgan fingerprint density at radius 1 is 0.878 bits per heavy atom. The van der Waals surface area contributed by atoms with Gasteiger partial charge in [-0.05, 0) is 97.2 Å². The van der Waals surface area contributed by atoms with Crippen LogP contribution in [0, 0.1) is 28.6 Å². The van der Waals surface area contributed by atoms with Crippen molar-refractivity contribution in [2.45, 2.75) is 50.1 Å². The minimum absolute atomic E-state index is 0.0436. The van der Waals surface area contributed by atoms with Gasteiger partial charge in [0.15, 0.2) is 5.11 Å². The minimum Gasteiger partial charge on any atom is -0.368 e. The summed E-state index contributed by atoms with van der Waals surface area (Å²) >= 11 is 5.74. The van der Waals surface area contributed by atoms with Crippen LogP contribution < -0.4 is 14.5 Å². The summed E-state index contributed by atoms with van der Waals surface area (Å²) in [6, 6.07) is 25.1. The Morgan fingerprint density at radius 3 is 2.14 bits per heavy atom. The Hall–Kier alpha value is -4.91. The molecule has 252 valence electrons. The lowest BCUT2D eigenvalue weighted by atomic mass is 9.89.